The number of ether oxygens (including phenoxy) is 2. The third-order valence-electron chi connectivity index (χ3n) is 7.71. The first-order valence-electron chi connectivity index (χ1n) is 13.4. The summed E-state index contributed by atoms with van der Waals surface area (Å²) in [7, 11) is 1.42. The van der Waals surface area contributed by atoms with Crippen LogP contribution in [-0.2, 0) is 22.3 Å². The second-order valence-electron chi connectivity index (χ2n) is 10.1. The van der Waals surface area contributed by atoms with Gasteiger partial charge in [-0.3, -0.25) is 14.6 Å². The summed E-state index contributed by atoms with van der Waals surface area (Å²) in [6.45, 7) is 8.11. The number of rotatable bonds is 9. The summed E-state index contributed by atoms with van der Waals surface area (Å²) in [6, 6.07) is 14.0. The van der Waals surface area contributed by atoms with Crippen molar-refractivity contribution < 1.29 is 27.4 Å². The molecule has 4 rings (SSSR count). The van der Waals surface area contributed by atoms with Crippen molar-refractivity contribution in [3.63, 3.8) is 0 Å². The number of methoxy groups -OCH3 is 1. The molecule has 2 atom stereocenters. The summed E-state index contributed by atoms with van der Waals surface area (Å²) in [5, 5.41) is 0. The van der Waals surface area contributed by atoms with E-state index in [4.69, 9.17) is 9.47 Å². The van der Waals surface area contributed by atoms with Crippen molar-refractivity contribution in [3.8, 4) is 5.75 Å². The highest BCUT2D eigenvalue weighted by Crippen LogP contribution is 2.33. The molecule has 2 aromatic carbocycles. The Bertz CT molecular complexity index is 1060. The predicted octanol–water partition coefficient (Wildman–Crippen LogP) is 5.07. The first-order valence-corrected chi connectivity index (χ1v) is 13.4. The number of benzene rings is 2. The van der Waals surface area contributed by atoms with Crippen molar-refractivity contribution in [2.45, 2.75) is 44.9 Å². The minimum Gasteiger partial charge on any atom is -0.494 e. The maximum absolute atomic E-state index is 13.2. The maximum Gasteiger partial charge on any atom is 0.416 e. The number of piperidine rings is 1. The fourth-order valence-corrected chi connectivity index (χ4v) is 5.77. The van der Waals surface area contributed by atoms with Gasteiger partial charge in [-0.15, -0.1) is 0 Å². The van der Waals surface area contributed by atoms with Crippen LogP contribution in [0.4, 0.5) is 18.9 Å². The zero-order valence-corrected chi connectivity index (χ0v) is 22.3. The van der Waals surface area contributed by atoms with Crippen LogP contribution < -0.4 is 9.64 Å². The predicted molar refractivity (Wildman–Crippen MR) is 141 cm³/mol. The molecule has 0 N–H and O–H groups in total. The Labute approximate surface area is 223 Å². The lowest BCUT2D eigenvalue weighted by atomic mass is 9.86. The lowest BCUT2D eigenvalue weighted by Gasteiger charge is -2.47. The summed E-state index contributed by atoms with van der Waals surface area (Å²) < 4.78 is 50.3. The second kappa shape index (κ2) is 12.8. The second-order valence-corrected chi connectivity index (χ2v) is 10.1. The molecule has 0 unspecified atom stereocenters. The molecule has 2 aliphatic rings. The third-order valence-corrected chi connectivity index (χ3v) is 7.71. The Morgan fingerprint density at radius 1 is 1.03 bits per heavy atom. The molecule has 2 aliphatic heterocycles. The minimum absolute atomic E-state index is 0.197. The molecule has 0 saturated carbocycles. The van der Waals surface area contributed by atoms with Gasteiger partial charge in [-0.05, 0) is 56.5 Å². The number of hydrogen-bond donors (Lipinski definition) is 0. The molecule has 6 nitrogen and oxygen atoms in total. The number of anilines is 1. The molecule has 2 aromatic rings. The van der Waals surface area contributed by atoms with Gasteiger partial charge in [0.1, 0.15) is 5.75 Å². The van der Waals surface area contributed by atoms with Crippen LogP contribution in [0.1, 0.15) is 37.3 Å². The number of likely N-dealkylation sites (tertiary alicyclic amines) is 1. The maximum atomic E-state index is 13.2. The van der Waals surface area contributed by atoms with Crippen molar-refractivity contribution in [3.05, 3.63) is 59.7 Å². The number of carbonyl (C=O) groups is 1. The summed E-state index contributed by atoms with van der Waals surface area (Å²) in [5.74, 6) is 1.01. The van der Waals surface area contributed by atoms with Crippen LogP contribution in [0.2, 0.25) is 0 Å². The zero-order valence-electron chi connectivity index (χ0n) is 22.3. The molecule has 0 radical (unpaired) electrons. The molecule has 0 aliphatic carbocycles. The number of alkyl halides is 3. The topological polar surface area (TPSA) is 45.2 Å². The zero-order chi connectivity index (χ0) is 27.1. The normalized spacial score (nSPS) is 21.3. The van der Waals surface area contributed by atoms with Crippen molar-refractivity contribution in [1.29, 1.82) is 0 Å². The van der Waals surface area contributed by atoms with E-state index in [9.17, 15) is 18.0 Å². The summed E-state index contributed by atoms with van der Waals surface area (Å²) in [6.07, 6.45) is -2.24. The summed E-state index contributed by atoms with van der Waals surface area (Å²) in [5.41, 5.74) is 1.16. The van der Waals surface area contributed by atoms with Gasteiger partial charge in [0.05, 0.1) is 19.3 Å². The highest BCUT2D eigenvalue weighted by molar-refractivity contribution is 5.69. The largest absolute Gasteiger partial charge is 0.494 e. The van der Waals surface area contributed by atoms with Crippen LogP contribution in [0.25, 0.3) is 0 Å². The smallest absolute Gasteiger partial charge is 0.416 e. The van der Waals surface area contributed by atoms with Crippen LogP contribution in [0.5, 0.6) is 5.75 Å². The van der Waals surface area contributed by atoms with Crippen LogP contribution in [0, 0.1) is 5.92 Å². The van der Waals surface area contributed by atoms with Gasteiger partial charge in [0.2, 0.25) is 0 Å². The van der Waals surface area contributed by atoms with E-state index in [0.29, 0.717) is 43.8 Å². The molecule has 208 valence electrons. The van der Waals surface area contributed by atoms with E-state index in [1.54, 1.807) is 6.07 Å². The molecule has 0 aromatic heterocycles. The molecule has 0 bridgehead atoms. The van der Waals surface area contributed by atoms with E-state index in [-0.39, 0.29) is 5.97 Å². The van der Waals surface area contributed by atoms with Crippen LogP contribution in [0.3, 0.4) is 0 Å². The molecular weight excluding hydrogens is 495 g/mol. The summed E-state index contributed by atoms with van der Waals surface area (Å²) >= 11 is 0. The standard InChI is InChI=1S/C29H38F3N3O3/c1-3-38-27-10-5-4-7-23(27)21-33-14-13-26(22(20-33)11-12-28(36)37-2)35-17-15-34(16-18-35)25-9-6-8-24(19-25)29(30,31)32/h4-10,19,22,26H,3,11-18,20-21H2,1-2H3/t22-,26+/m0/s1. The number of piperazine rings is 1. The molecule has 2 heterocycles. The van der Waals surface area contributed by atoms with E-state index >= 15 is 0 Å². The number of esters is 1. The molecule has 2 fully saturated rings. The highest BCUT2D eigenvalue weighted by Gasteiger charge is 2.36. The Balaban J connectivity index is 1.40. The highest BCUT2D eigenvalue weighted by atomic mass is 19.4. The Morgan fingerprint density at radius 2 is 1.79 bits per heavy atom. The fourth-order valence-electron chi connectivity index (χ4n) is 5.77. The van der Waals surface area contributed by atoms with E-state index in [1.807, 2.05) is 30.0 Å². The van der Waals surface area contributed by atoms with E-state index in [0.717, 1.165) is 62.9 Å². The Morgan fingerprint density at radius 3 is 2.50 bits per heavy atom. The van der Waals surface area contributed by atoms with Gasteiger partial charge in [0, 0.05) is 63.0 Å². The van der Waals surface area contributed by atoms with Crippen LogP contribution >= 0.6 is 0 Å². The van der Waals surface area contributed by atoms with Gasteiger partial charge in [-0.2, -0.15) is 13.2 Å². The average Bonchev–Trinajstić information content (AvgIpc) is 2.93. The Kier molecular flexibility index (Phi) is 9.54. The molecule has 0 amide bonds. The lowest BCUT2D eigenvalue weighted by molar-refractivity contribution is -0.141. The molecule has 9 heteroatoms. The van der Waals surface area contributed by atoms with Crippen LogP contribution in [0.15, 0.2) is 48.5 Å². The van der Waals surface area contributed by atoms with Gasteiger partial charge in [0.15, 0.2) is 0 Å². The number of carbonyl (C=O) groups excluding carboxylic acids is 1. The SMILES string of the molecule is CCOc1ccccc1CN1CC[C@@H](N2CCN(c3cccc(C(F)(F)F)c3)CC2)[C@@H](CCC(=O)OC)C1. The minimum atomic E-state index is -4.35. The first kappa shape index (κ1) is 28.2. The molecule has 38 heavy (non-hydrogen) atoms. The number of hydrogen-bond acceptors (Lipinski definition) is 6. The monoisotopic (exact) mass is 533 g/mol. The van der Waals surface area contributed by atoms with Crippen molar-refractivity contribution in [2.24, 2.45) is 5.92 Å². The molecule has 0 spiro atoms. The number of para-hydroxylation sites is 1. The van der Waals surface area contributed by atoms with E-state index in [2.05, 4.69) is 15.9 Å². The van der Waals surface area contributed by atoms with Gasteiger partial charge < -0.3 is 14.4 Å². The van der Waals surface area contributed by atoms with Gasteiger partial charge in [0.25, 0.3) is 0 Å². The van der Waals surface area contributed by atoms with Crippen LogP contribution in [-0.4, -0.2) is 74.8 Å². The number of nitrogens with zero attached hydrogens (tertiary/aromatic N) is 3. The number of halogens is 3. The average molecular weight is 534 g/mol. The van der Waals surface area contributed by atoms with Crippen molar-refractivity contribution in [2.75, 3.05) is 57.9 Å². The fraction of sp³-hybridized carbons (Fsp3) is 0.552. The quantitative estimate of drug-likeness (QED) is 0.420. The molecular formula is C29H38F3N3O3. The third kappa shape index (κ3) is 7.20. The first-order chi connectivity index (χ1) is 18.3. The Hall–Kier alpha value is -2.78. The lowest BCUT2D eigenvalue weighted by Crippen LogP contribution is -2.56. The van der Waals surface area contributed by atoms with Crippen molar-refractivity contribution in [1.82, 2.24) is 9.80 Å². The van der Waals surface area contributed by atoms with Crippen molar-refractivity contribution >= 4 is 11.7 Å². The van der Waals surface area contributed by atoms with E-state index in [1.165, 1.54) is 19.2 Å². The van der Waals surface area contributed by atoms with Gasteiger partial charge in [-0.25, -0.2) is 0 Å². The molecule has 2 saturated heterocycles. The summed E-state index contributed by atoms with van der Waals surface area (Å²) in [4.78, 5) is 18.9. The van der Waals surface area contributed by atoms with E-state index < -0.39 is 11.7 Å². The van der Waals surface area contributed by atoms with Gasteiger partial charge >= 0.3 is 12.1 Å². The van der Waals surface area contributed by atoms with Gasteiger partial charge in [-0.1, -0.05) is 24.3 Å².